The van der Waals surface area contributed by atoms with Gasteiger partial charge < -0.3 is 15.0 Å². The van der Waals surface area contributed by atoms with Crippen molar-refractivity contribution in [1.82, 2.24) is 10.2 Å². The van der Waals surface area contributed by atoms with Crippen molar-refractivity contribution >= 4 is 0 Å². The molecule has 0 aliphatic carbocycles. The van der Waals surface area contributed by atoms with E-state index in [1.165, 1.54) is 0 Å². The second-order valence-electron chi connectivity index (χ2n) is 6.81. The van der Waals surface area contributed by atoms with E-state index in [-0.39, 0.29) is 29.7 Å². The van der Waals surface area contributed by atoms with Crippen molar-refractivity contribution in [2.24, 2.45) is 5.92 Å². The molecule has 20 heavy (non-hydrogen) atoms. The summed E-state index contributed by atoms with van der Waals surface area (Å²) in [5, 5.41) is 3.26. The molecule has 1 aliphatic heterocycles. The van der Waals surface area contributed by atoms with E-state index in [1.807, 2.05) is 34.7 Å². The molecule has 1 aliphatic rings. The van der Waals surface area contributed by atoms with E-state index in [9.17, 15) is 13.2 Å². The largest absolute Gasteiger partial charge is 0.390 e. The molecule has 0 aromatic rings. The number of rotatable bonds is 5. The lowest BCUT2D eigenvalue weighted by molar-refractivity contribution is -0.137. The quantitative estimate of drug-likeness (QED) is 0.844. The molecule has 2 unspecified atom stereocenters. The van der Waals surface area contributed by atoms with E-state index < -0.39 is 12.6 Å². The van der Waals surface area contributed by atoms with Crippen LogP contribution >= 0.6 is 0 Å². The molecule has 3 nitrogen and oxygen atoms in total. The summed E-state index contributed by atoms with van der Waals surface area (Å²) in [5.41, 5.74) is -0.683. The molecule has 1 N–H and O–H groups in total. The van der Waals surface area contributed by atoms with Crippen LogP contribution in [0.15, 0.2) is 0 Å². The molecule has 0 radical (unpaired) electrons. The van der Waals surface area contributed by atoms with Gasteiger partial charge in [0.25, 0.3) is 0 Å². The first-order chi connectivity index (χ1) is 8.89. The highest BCUT2D eigenvalue weighted by atomic mass is 19.4. The monoisotopic (exact) mass is 296 g/mol. The fourth-order valence-corrected chi connectivity index (χ4v) is 3.32. The SMILES string of the molecule is CNC1C(CN(C)CCC(F)(F)F)C(C)(C)OC1(C)C. The highest BCUT2D eigenvalue weighted by Crippen LogP contribution is 2.42. The van der Waals surface area contributed by atoms with Crippen molar-refractivity contribution in [3.63, 3.8) is 0 Å². The van der Waals surface area contributed by atoms with Gasteiger partial charge in [0, 0.05) is 25.0 Å². The van der Waals surface area contributed by atoms with Crippen molar-refractivity contribution in [2.75, 3.05) is 27.2 Å². The molecular weight excluding hydrogens is 269 g/mol. The number of likely N-dealkylation sites (N-methyl/N-ethyl adjacent to an activating group) is 1. The zero-order valence-electron chi connectivity index (χ0n) is 13.3. The van der Waals surface area contributed by atoms with Gasteiger partial charge in [0.05, 0.1) is 17.6 Å². The Morgan fingerprint density at radius 2 is 1.70 bits per heavy atom. The van der Waals surface area contributed by atoms with Crippen LogP contribution in [0.1, 0.15) is 34.1 Å². The minimum atomic E-state index is -4.10. The van der Waals surface area contributed by atoms with Gasteiger partial charge in [0.2, 0.25) is 0 Å². The summed E-state index contributed by atoms with van der Waals surface area (Å²) in [6.07, 6.45) is -4.87. The topological polar surface area (TPSA) is 24.5 Å². The van der Waals surface area contributed by atoms with Gasteiger partial charge in [0.1, 0.15) is 0 Å². The van der Waals surface area contributed by atoms with Crippen LogP contribution in [-0.4, -0.2) is 55.5 Å². The predicted octanol–water partition coefficient (Wildman–Crippen LogP) is 2.66. The normalized spacial score (nSPS) is 29.1. The van der Waals surface area contributed by atoms with Gasteiger partial charge in [-0.1, -0.05) is 0 Å². The minimum absolute atomic E-state index is 0.0208. The second kappa shape index (κ2) is 5.81. The van der Waals surface area contributed by atoms with Crippen LogP contribution in [0.25, 0.3) is 0 Å². The molecular formula is C14H27F3N2O. The van der Waals surface area contributed by atoms with Gasteiger partial charge in [-0.05, 0) is 41.8 Å². The van der Waals surface area contributed by atoms with Crippen LogP contribution in [0.4, 0.5) is 13.2 Å². The van der Waals surface area contributed by atoms with Crippen LogP contribution in [0.5, 0.6) is 0 Å². The third kappa shape index (κ3) is 4.33. The number of ether oxygens (including phenoxy) is 1. The van der Waals surface area contributed by atoms with Crippen LogP contribution < -0.4 is 5.32 Å². The summed E-state index contributed by atoms with van der Waals surface area (Å²) < 4.78 is 42.9. The Bertz CT molecular complexity index is 329. The lowest BCUT2D eigenvalue weighted by Gasteiger charge is -2.32. The first kappa shape index (κ1) is 17.7. The molecule has 0 spiro atoms. The number of halogens is 3. The third-order valence-electron chi connectivity index (χ3n) is 4.17. The van der Waals surface area contributed by atoms with E-state index >= 15 is 0 Å². The lowest BCUT2D eigenvalue weighted by Crippen LogP contribution is -2.49. The number of nitrogens with zero attached hydrogens (tertiary/aromatic N) is 1. The number of hydrogen-bond acceptors (Lipinski definition) is 3. The highest BCUT2D eigenvalue weighted by molar-refractivity contribution is 5.05. The number of hydrogen-bond donors (Lipinski definition) is 1. The molecule has 0 bridgehead atoms. The molecule has 2 atom stereocenters. The standard InChI is InChI=1S/C14H27F3N2O/c1-12(2)10(11(18-5)13(3,4)20-12)9-19(6)8-7-14(15,16)17/h10-11,18H,7-9H2,1-6H3. The maximum absolute atomic E-state index is 12.3. The number of nitrogens with one attached hydrogen (secondary N) is 1. The average molecular weight is 296 g/mol. The molecule has 1 rings (SSSR count). The molecule has 0 saturated carbocycles. The van der Waals surface area contributed by atoms with Gasteiger partial charge in [-0.15, -0.1) is 0 Å². The molecule has 0 amide bonds. The Labute approximate surface area is 119 Å². The summed E-state index contributed by atoms with van der Waals surface area (Å²) in [5.74, 6) is 0.140. The van der Waals surface area contributed by atoms with Crippen LogP contribution in [0.2, 0.25) is 0 Å². The molecule has 1 saturated heterocycles. The summed E-state index contributed by atoms with van der Waals surface area (Å²) in [4.78, 5) is 1.75. The third-order valence-corrected chi connectivity index (χ3v) is 4.17. The smallest absolute Gasteiger partial charge is 0.368 e. The van der Waals surface area contributed by atoms with Gasteiger partial charge in [-0.3, -0.25) is 0 Å². The first-order valence-electron chi connectivity index (χ1n) is 7.02. The molecule has 120 valence electrons. The van der Waals surface area contributed by atoms with Crippen molar-refractivity contribution in [3.05, 3.63) is 0 Å². The van der Waals surface area contributed by atoms with Crippen molar-refractivity contribution in [3.8, 4) is 0 Å². The van der Waals surface area contributed by atoms with Crippen LogP contribution in [0.3, 0.4) is 0 Å². The first-order valence-corrected chi connectivity index (χ1v) is 7.02. The van der Waals surface area contributed by atoms with Gasteiger partial charge in [-0.25, -0.2) is 0 Å². The fraction of sp³-hybridized carbons (Fsp3) is 1.00. The van der Waals surface area contributed by atoms with Crippen LogP contribution in [-0.2, 0) is 4.74 Å². The Balaban J connectivity index is 2.69. The Morgan fingerprint density at radius 3 is 2.15 bits per heavy atom. The maximum Gasteiger partial charge on any atom is 0.390 e. The Morgan fingerprint density at radius 1 is 1.15 bits per heavy atom. The van der Waals surface area contributed by atoms with E-state index in [4.69, 9.17) is 4.74 Å². The Kier molecular flexibility index (Phi) is 5.15. The fourth-order valence-electron chi connectivity index (χ4n) is 3.32. The molecule has 6 heteroatoms. The van der Waals surface area contributed by atoms with E-state index in [0.29, 0.717) is 6.54 Å². The van der Waals surface area contributed by atoms with Crippen molar-refractivity contribution < 1.29 is 17.9 Å². The summed E-state index contributed by atoms with van der Waals surface area (Å²) in [6, 6.07) is 0.117. The minimum Gasteiger partial charge on any atom is -0.368 e. The zero-order chi connectivity index (χ0) is 15.8. The van der Waals surface area contributed by atoms with Crippen molar-refractivity contribution in [1.29, 1.82) is 0 Å². The second-order valence-corrected chi connectivity index (χ2v) is 6.81. The van der Waals surface area contributed by atoms with Crippen molar-refractivity contribution in [2.45, 2.75) is 57.5 Å². The lowest BCUT2D eigenvalue weighted by atomic mass is 9.82. The average Bonchev–Trinajstić information content (AvgIpc) is 2.39. The summed E-state index contributed by atoms with van der Waals surface area (Å²) in [6.45, 7) is 8.66. The summed E-state index contributed by atoms with van der Waals surface area (Å²) >= 11 is 0. The Hall–Kier alpha value is -0.330. The zero-order valence-corrected chi connectivity index (χ0v) is 13.3. The van der Waals surface area contributed by atoms with E-state index in [2.05, 4.69) is 5.32 Å². The van der Waals surface area contributed by atoms with Crippen LogP contribution in [0, 0.1) is 5.92 Å². The van der Waals surface area contributed by atoms with Gasteiger partial charge in [0.15, 0.2) is 0 Å². The molecule has 1 heterocycles. The predicted molar refractivity (Wildman–Crippen MR) is 73.7 cm³/mol. The van der Waals surface area contributed by atoms with E-state index in [0.717, 1.165) is 0 Å². The molecule has 0 aromatic carbocycles. The van der Waals surface area contributed by atoms with Gasteiger partial charge >= 0.3 is 6.18 Å². The van der Waals surface area contributed by atoms with Gasteiger partial charge in [-0.2, -0.15) is 13.2 Å². The highest BCUT2D eigenvalue weighted by Gasteiger charge is 2.53. The van der Waals surface area contributed by atoms with E-state index in [1.54, 1.807) is 11.9 Å². The molecule has 1 fully saturated rings. The number of alkyl halides is 3. The maximum atomic E-state index is 12.3. The summed E-state index contributed by atoms with van der Waals surface area (Å²) in [7, 11) is 3.61. The molecule has 0 aromatic heterocycles.